The molecule has 0 aliphatic carbocycles. The van der Waals surface area contributed by atoms with Crippen molar-refractivity contribution in [3.63, 3.8) is 0 Å². The van der Waals surface area contributed by atoms with Crippen LogP contribution >= 0.6 is 0 Å². The van der Waals surface area contributed by atoms with Crippen LogP contribution < -0.4 is 0 Å². The molecule has 4 nitrogen and oxygen atoms in total. The van der Waals surface area contributed by atoms with Gasteiger partial charge in [-0.1, -0.05) is 0 Å². The number of aliphatic hydroxyl groups excluding tert-OH is 1. The number of hydrogen-bond donors (Lipinski definition) is 2. The number of aliphatic carboxylic acids is 1. The number of Topliss-reactive ketones (excluding diaryl/α,β-unsaturated/α-hetero) is 1. The van der Waals surface area contributed by atoms with Gasteiger partial charge in [0.05, 0.1) is 0 Å². The maximum atomic E-state index is 10.8. The van der Waals surface area contributed by atoms with Crippen LogP contribution in [0.2, 0.25) is 0 Å². The smallest absolute Gasteiger partial charge is 0.303 e. The van der Waals surface area contributed by atoms with Gasteiger partial charge in [0.1, 0.15) is 5.78 Å². The molecule has 0 saturated heterocycles. The molecule has 70 valence electrons. The molecule has 0 rings (SSSR count). The van der Waals surface area contributed by atoms with E-state index >= 15 is 0 Å². The van der Waals surface area contributed by atoms with Gasteiger partial charge in [-0.05, 0) is 12.8 Å². The lowest BCUT2D eigenvalue weighted by Gasteiger charge is -1.96. The van der Waals surface area contributed by atoms with Gasteiger partial charge < -0.3 is 10.2 Å². The first-order chi connectivity index (χ1) is 5.66. The first kappa shape index (κ1) is 11.1. The Kier molecular flexibility index (Phi) is 6.28. The minimum atomic E-state index is -0.829. The number of carboxylic acid groups (broad SMARTS) is 1. The Morgan fingerprint density at radius 3 is 2.08 bits per heavy atom. The molecule has 0 amide bonds. The van der Waals surface area contributed by atoms with Crippen LogP contribution in [0.4, 0.5) is 0 Å². The second kappa shape index (κ2) is 6.79. The number of rotatable bonds is 7. The summed E-state index contributed by atoms with van der Waals surface area (Å²) in [6.07, 6.45) is 1.82. The summed E-state index contributed by atoms with van der Waals surface area (Å²) >= 11 is 0. The van der Waals surface area contributed by atoms with Crippen molar-refractivity contribution in [3.05, 3.63) is 0 Å². The highest BCUT2D eigenvalue weighted by atomic mass is 16.4. The molecule has 0 fully saturated rings. The molecule has 0 saturated carbocycles. The molecular formula is C8H14O4. The largest absolute Gasteiger partial charge is 0.481 e. The molecule has 0 aromatic heterocycles. The Morgan fingerprint density at radius 1 is 1.00 bits per heavy atom. The zero-order valence-corrected chi connectivity index (χ0v) is 6.95. The van der Waals surface area contributed by atoms with Crippen LogP contribution in [0.25, 0.3) is 0 Å². The Hall–Kier alpha value is -0.900. The van der Waals surface area contributed by atoms with E-state index in [1.807, 2.05) is 0 Å². The van der Waals surface area contributed by atoms with Crippen molar-refractivity contribution in [2.75, 3.05) is 6.61 Å². The summed E-state index contributed by atoms with van der Waals surface area (Å²) < 4.78 is 0. The molecule has 0 aliphatic heterocycles. The van der Waals surface area contributed by atoms with Crippen molar-refractivity contribution < 1.29 is 19.8 Å². The van der Waals surface area contributed by atoms with E-state index in [4.69, 9.17) is 10.2 Å². The molecule has 0 aromatic carbocycles. The molecular weight excluding hydrogens is 160 g/mol. The van der Waals surface area contributed by atoms with Gasteiger partial charge in [-0.3, -0.25) is 9.59 Å². The Bertz CT molecular complexity index is 153. The molecule has 4 heteroatoms. The number of aliphatic hydroxyl groups is 1. The van der Waals surface area contributed by atoms with Crippen molar-refractivity contribution in [1.29, 1.82) is 0 Å². The van der Waals surface area contributed by atoms with Crippen LogP contribution in [-0.4, -0.2) is 28.6 Å². The lowest BCUT2D eigenvalue weighted by atomic mass is 10.1. The third-order valence-corrected chi connectivity index (χ3v) is 1.49. The van der Waals surface area contributed by atoms with Crippen molar-refractivity contribution >= 4 is 11.8 Å². The summed E-state index contributed by atoms with van der Waals surface area (Å²) in [7, 11) is 0. The Labute approximate surface area is 71.2 Å². The van der Waals surface area contributed by atoms with Gasteiger partial charge in [-0.2, -0.15) is 0 Å². The van der Waals surface area contributed by atoms with E-state index in [1.54, 1.807) is 0 Å². The summed E-state index contributed by atoms with van der Waals surface area (Å²) in [4.78, 5) is 20.8. The van der Waals surface area contributed by atoms with E-state index in [2.05, 4.69) is 0 Å². The molecule has 12 heavy (non-hydrogen) atoms. The highest BCUT2D eigenvalue weighted by Gasteiger charge is 2.01. The molecule has 0 unspecified atom stereocenters. The number of unbranched alkanes of at least 4 members (excludes halogenated alkanes) is 1. The van der Waals surface area contributed by atoms with E-state index in [1.165, 1.54) is 0 Å². The van der Waals surface area contributed by atoms with E-state index in [0.29, 0.717) is 19.3 Å². The van der Waals surface area contributed by atoms with Gasteiger partial charge in [-0.25, -0.2) is 0 Å². The highest BCUT2D eigenvalue weighted by molar-refractivity contribution is 5.78. The molecule has 2 N–H and O–H groups in total. The van der Waals surface area contributed by atoms with E-state index < -0.39 is 5.97 Å². The molecule has 0 spiro atoms. The zero-order chi connectivity index (χ0) is 9.40. The van der Waals surface area contributed by atoms with E-state index in [9.17, 15) is 9.59 Å². The van der Waals surface area contributed by atoms with Gasteiger partial charge in [-0.15, -0.1) is 0 Å². The van der Waals surface area contributed by atoms with Gasteiger partial charge in [0.15, 0.2) is 0 Å². The lowest BCUT2D eigenvalue weighted by Crippen LogP contribution is -2.01. The average Bonchev–Trinajstić information content (AvgIpc) is 1.98. The summed E-state index contributed by atoms with van der Waals surface area (Å²) in [5.41, 5.74) is 0. The fourth-order valence-electron chi connectivity index (χ4n) is 0.848. The van der Waals surface area contributed by atoms with Crippen LogP contribution in [-0.2, 0) is 9.59 Å². The first-order valence-corrected chi connectivity index (χ1v) is 4.01. The predicted molar refractivity (Wildman–Crippen MR) is 42.8 cm³/mol. The third-order valence-electron chi connectivity index (χ3n) is 1.49. The second-order valence-electron chi connectivity index (χ2n) is 2.61. The molecule has 0 bridgehead atoms. The highest BCUT2D eigenvalue weighted by Crippen LogP contribution is 2.01. The summed E-state index contributed by atoms with van der Waals surface area (Å²) in [5, 5.41) is 16.6. The van der Waals surface area contributed by atoms with Gasteiger partial charge >= 0.3 is 5.97 Å². The summed E-state index contributed by atoms with van der Waals surface area (Å²) in [6, 6.07) is 0. The molecule has 0 atom stereocenters. The first-order valence-electron chi connectivity index (χ1n) is 4.01. The number of ketones is 1. The number of carbonyl (C=O) groups excluding carboxylic acids is 1. The fourth-order valence-corrected chi connectivity index (χ4v) is 0.848. The average molecular weight is 174 g/mol. The maximum absolute atomic E-state index is 10.8. The lowest BCUT2D eigenvalue weighted by molar-refractivity contribution is -0.137. The summed E-state index contributed by atoms with van der Waals surface area (Å²) in [5.74, 6) is -0.826. The minimum Gasteiger partial charge on any atom is -0.481 e. The van der Waals surface area contributed by atoms with Crippen molar-refractivity contribution in [2.24, 2.45) is 0 Å². The molecule has 0 aromatic rings. The van der Waals surface area contributed by atoms with Crippen LogP contribution in [0.3, 0.4) is 0 Å². The van der Waals surface area contributed by atoms with Gasteiger partial charge in [0, 0.05) is 25.9 Å². The third kappa shape index (κ3) is 7.21. The standard InChI is InChI=1S/C8H14O4/c9-6-5-7(10)3-1-2-4-8(11)12/h9H,1-6H2,(H,11,12). The van der Waals surface area contributed by atoms with Crippen LogP contribution in [0, 0.1) is 0 Å². The van der Waals surface area contributed by atoms with E-state index in [0.717, 1.165) is 0 Å². The van der Waals surface area contributed by atoms with E-state index in [-0.39, 0.29) is 25.2 Å². The normalized spacial score (nSPS) is 9.75. The van der Waals surface area contributed by atoms with Crippen LogP contribution in [0.5, 0.6) is 0 Å². The fraction of sp³-hybridized carbons (Fsp3) is 0.750. The zero-order valence-electron chi connectivity index (χ0n) is 6.95. The quantitative estimate of drug-likeness (QED) is 0.554. The topological polar surface area (TPSA) is 74.6 Å². The Morgan fingerprint density at radius 2 is 1.58 bits per heavy atom. The molecule has 0 aliphatic rings. The second-order valence-corrected chi connectivity index (χ2v) is 2.61. The van der Waals surface area contributed by atoms with Crippen LogP contribution in [0.15, 0.2) is 0 Å². The minimum absolute atomic E-state index is 0.00267. The van der Waals surface area contributed by atoms with Crippen molar-refractivity contribution in [1.82, 2.24) is 0 Å². The van der Waals surface area contributed by atoms with Gasteiger partial charge in [0.25, 0.3) is 0 Å². The summed E-state index contributed by atoms with van der Waals surface area (Å²) in [6.45, 7) is -0.113. The van der Waals surface area contributed by atoms with Gasteiger partial charge in [0.2, 0.25) is 0 Å². The number of hydrogen-bond acceptors (Lipinski definition) is 3. The van der Waals surface area contributed by atoms with Crippen molar-refractivity contribution in [3.8, 4) is 0 Å². The Balaban J connectivity index is 3.19. The maximum Gasteiger partial charge on any atom is 0.303 e. The SMILES string of the molecule is O=C(O)CCCCC(=O)CCO. The molecule has 0 heterocycles. The molecule has 0 radical (unpaired) electrons. The van der Waals surface area contributed by atoms with Crippen molar-refractivity contribution in [2.45, 2.75) is 32.1 Å². The number of carboxylic acids is 1. The van der Waals surface area contributed by atoms with Crippen LogP contribution in [0.1, 0.15) is 32.1 Å². The number of carbonyl (C=O) groups is 2. The monoisotopic (exact) mass is 174 g/mol. The predicted octanol–water partition coefficient (Wildman–Crippen LogP) is 0.583.